The van der Waals surface area contributed by atoms with Crippen LogP contribution in [0.4, 0.5) is 31.1 Å². The number of nitrogens with zero attached hydrogens (tertiary/aromatic N) is 1. The van der Waals surface area contributed by atoms with Crippen LogP contribution in [0, 0.1) is 10.1 Å². The van der Waals surface area contributed by atoms with Crippen molar-refractivity contribution in [1.29, 1.82) is 0 Å². The molecule has 0 bridgehead atoms. The van der Waals surface area contributed by atoms with Crippen molar-refractivity contribution in [2.24, 2.45) is 0 Å². The molecule has 1 aromatic rings. The van der Waals surface area contributed by atoms with Crippen LogP contribution >= 0.6 is 0 Å². The predicted molar refractivity (Wildman–Crippen MR) is 106 cm³/mol. The molecule has 11 nitrogen and oxygen atoms in total. The van der Waals surface area contributed by atoms with E-state index in [0.29, 0.717) is 6.08 Å². The lowest BCUT2D eigenvalue weighted by atomic mass is 9.97. The summed E-state index contributed by atoms with van der Waals surface area (Å²) in [6, 6.07) is 1.59. The first-order valence-corrected chi connectivity index (χ1v) is 10.2. The summed E-state index contributed by atoms with van der Waals surface area (Å²) in [4.78, 5) is 38.3. The third kappa shape index (κ3) is 8.60. The Morgan fingerprint density at radius 3 is 2.30 bits per heavy atom. The van der Waals surface area contributed by atoms with Gasteiger partial charge < -0.3 is 28.5 Å². The van der Waals surface area contributed by atoms with Gasteiger partial charge in [0.05, 0.1) is 5.57 Å². The van der Waals surface area contributed by atoms with Crippen molar-refractivity contribution in [1.82, 2.24) is 0 Å². The Balaban J connectivity index is 2.25. The van der Waals surface area contributed by atoms with Crippen molar-refractivity contribution in [2.45, 2.75) is 58.2 Å². The normalized spacial score (nSPS) is 16.8. The zero-order valence-electron chi connectivity index (χ0n) is 19.2. The number of esters is 1. The second kappa shape index (κ2) is 11.4. The Labute approximate surface area is 203 Å². The summed E-state index contributed by atoms with van der Waals surface area (Å²) in [6.07, 6.45) is -17.0. The molecule has 206 valence electrons. The number of carbonyl (C=O) groups excluding carboxylic acids is 2. The van der Waals surface area contributed by atoms with E-state index < -0.39 is 71.9 Å². The molecule has 1 aromatic carbocycles. The summed E-state index contributed by atoms with van der Waals surface area (Å²) in [5, 5.41) is 8.98. The summed E-state index contributed by atoms with van der Waals surface area (Å²) in [6.45, 7) is 2.93. The topological polar surface area (TPSA) is 133 Å². The van der Waals surface area contributed by atoms with Crippen molar-refractivity contribution in [3.63, 3.8) is 0 Å². The van der Waals surface area contributed by atoms with Crippen LogP contribution in [0.3, 0.4) is 0 Å². The Bertz CT molecular complexity index is 1060. The summed E-state index contributed by atoms with van der Waals surface area (Å²) in [5.41, 5.74) is -1.52. The maximum absolute atomic E-state index is 13.7. The monoisotopic (exact) mass is 547 g/mol. The first-order valence-electron chi connectivity index (χ1n) is 10.2. The molecule has 0 radical (unpaired) electrons. The van der Waals surface area contributed by atoms with E-state index in [4.69, 9.17) is 4.74 Å². The van der Waals surface area contributed by atoms with Gasteiger partial charge in [-0.15, -0.1) is 23.3 Å². The molecule has 1 aliphatic heterocycles. The van der Waals surface area contributed by atoms with Crippen molar-refractivity contribution in [2.75, 3.05) is 6.61 Å². The summed E-state index contributed by atoms with van der Waals surface area (Å²) in [5.74, 6) is -2.83. The number of halogens is 6. The van der Waals surface area contributed by atoms with Crippen LogP contribution in [0.2, 0.25) is 0 Å². The van der Waals surface area contributed by atoms with Gasteiger partial charge in [0.1, 0.15) is 24.2 Å². The number of rotatable bonds is 9. The Morgan fingerprint density at radius 2 is 1.76 bits per heavy atom. The van der Waals surface area contributed by atoms with E-state index >= 15 is 0 Å². The molecule has 0 fully saturated rings. The van der Waals surface area contributed by atoms with Crippen LogP contribution < -0.4 is 9.47 Å². The van der Waals surface area contributed by atoms with Gasteiger partial charge in [0, 0.05) is 12.5 Å². The van der Waals surface area contributed by atoms with Gasteiger partial charge in [-0.25, -0.2) is 9.59 Å². The van der Waals surface area contributed by atoms with E-state index in [9.17, 15) is 46.0 Å². The Kier molecular flexibility index (Phi) is 9.05. The molecule has 0 aromatic heterocycles. The van der Waals surface area contributed by atoms with Gasteiger partial charge in [-0.1, -0.05) is 6.92 Å². The second-order valence-electron chi connectivity index (χ2n) is 7.33. The van der Waals surface area contributed by atoms with E-state index in [1.54, 1.807) is 0 Å². The van der Waals surface area contributed by atoms with Crippen molar-refractivity contribution < 1.29 is 69.5 Å². The number of benzene rings is 1. The van der Waals surface area contributed by atoms with Gasteiger partial charge in [-0.05, 0) is 37.1 Å². The quantitative estimate of drug-likeness (QED) is 0.143. The summed E-state index contributed by atoms with van der Waals surface area (Å²) in [7, 11) is 0. The number of hydrogen-bond donors (Lipinski definition) is 0. The third-order valence-electron chi connectivity index (χ3n) is 4.39. The fourth-order valence-electron chi connectivity index (χ4n) is 2.99. The molecule has 0 amide bonds. The molecule has 1 heterocycles. The molecule has 3 unspecified atom stereocenters. The molecule has 0 saturated carbocycles. The summed E-state index contributed by atoms with van der Waals surface area (Å²) < 4.78 is 102. The number of fused-ring (bicyclic) bond motifs is 1. The maximum atomic E-state index is 13.7. The number of aryl methyl sites for hydroxylation is 1. The number of hydrogen-bond acceptors (Lipinski definition) is 10. The molecule has 1 aliphatic rings. The molecule has 0 spiro atoms. The number of alkyl halides is 6. The van der Waals surface area contributed by atoms with E-state index in [2.05, 4.69) is 23.8 Å². The first-order chi connectivity index (χ1) is 17.0. The largest absolute Gasteiger partial charge is 0.573 e. The highest BCUT2D eigenvalue weighted by Crippen LogP contribution is 2.42. The average molecular weight is 547 g/mol. The lowest BCUT2D eigenvalue weighted by molar-refractivity contribution is -0.759. The van der Waals surface area contributed by atoms with Gasteiger partial charge in [0.2, 0.25) is 12.4 Å². The first kappa shape index (κ1) is 29.3. The minimum absolute atomic E-state index is 0.0340. The molecule has 37 heavy (non-hydrogen) atoms. The highest BCUT2D eigenvalue weighted by Gasteiger charge is 2.49. The predicted octanol–water partition coefficient (Wildman–Crippen LogP) is 4.49. The van der Waals surface area contributed by atoms with E-state index in [0.717, 1.165) is 19.1 Å². The highest BCUT2D eigenvalue weighted by atomic mass is 19.4. The number of ether oxygens (including phenoxy) is 5. The molecular formula is C20H19F6NO10. The fraction of sp³-hybridized carbons (Fsp3) is 0.500. The molecule has 0 N–H and O–H groups in total. The minimum Gasteiger partial charge on any atom is -0.475 e. The lowest BCUT2D eigenvalue weighted by Crippen LogP contribution is -2.41. The van der Waals surface area contributed by atoms with Gasteiger partial charge in [-0.2, -0.15) is 13.2 Å². The smallest absolute Gasteiger partial charge is 0.475 e. The van der Waals surface area contributed by atoms with Crippen molar-refractivity contribution in [3.05, 3.63) is 38.9 Å². The van der Waals surface area contributed by atoms with E-state index in [1.807, 2.05) is 0 Å². The van der Waals surface area contributed by atoms with Gasteiger partial charge in [0.25, 0.3) is 5.09 Å². The molecular weight excluding hydrogens is 528 g/mol. The van der Waals surface area contributed by atoms with Gasteiger partial charge >= 0.3 is 24.7 Å². The van der Waals surface area contributed by atoms with Crippen LogP contribution in [0.5, 0.6) is 11.5 Å². The van der Waals surface area contributed by atoms with E-state index in [-0.39, 0.29) is 17.5 Å². The van der Waals surface area contributed by atoms with Crippen LogP contribution in [0.15, 0.2) is 17.7 Å². The van der Waals surface area contributed by atoms with Crippen molar-refractivity contribution in [3.8, 4) is 11.5 Å². The van der Waals surface area contributed by atoms with E-state index in [1.165, 1.54) is 13.8 Å². The van der Waals surface area contributed by atoms with Crippen LogP contribution in [-0.4, -0.2) is 54.9 Å². The highest BCUT2D eigenvalue weighted by molar-refractivity contribution is 5.96. The zero-order valence-corrected chi connectivity index (χ0v) is 19.2. The second-order valence-corrected chi connectivity index (χ2v) is 7.33. The van der Waals surface area contributed by atoms with Crippen LogP contribution in [0.25, 0.3) is 6.08 Å². The van der Waals surface area contributed by atoms with Crippen LogP contribution in [0.1, 0.15) is 31.9 Å². The molecule has 0 aliphatic carbocycles. The third-order valence-corrected chi connectivity index (χ3v) is 4.39. The molecule has 2 rings (SSSR count). The van der Waals surface area contributed by atoms with Crippen molar-refractivity contribution >= 4 is 18.2 Å². The van der Waals surface area contributed by atoms with Crippen LogP contribution in [-0.2, 0) is 30.3 Å². The SMILES string of the molecule is CCc1cc(OC(F)(F)F)cc2c1OC(C(F)(F)F)C(C(=O)OC(C)OC(=O)OC(C)CO[N+](=O)[O-])=C2. The fourth-order valence-corrected chi connectivity index (χ4v) is 2.99. The number of carbonyl (C=O) groups is 2. The lowest BCUT2D eigenvalue weighted by Gasteiger charge is -2.30. The molecule has 3 atom stereocenters. The minimum atomic E-state index is -5.15. The Morgan fingerprint density at radius 1 is 1.11 bits per heavy atom. The molecule has 17 heteroatoms. The standard InChI is InChI=1S/C20H19F6NO10/c1-4-11-5-13(37-20(24,25)26)6-12-7-14(16(19(21,22)23)36-15(11)12)17(28)34-10(3)35-18(29)33-9(2)8-32-27(30)31/h5-7,9-10,16H,4,8H2,1-3H3. The molecule has 0 saturated heterocycles. The van der Waals surface area contributed by atoms with Gasteiger partial charge in [-0.3, -0.25) is 0 Å². The Hall–Kier alpha value is -3.92. The summed E-state index contributed by atoms with van der Waals surface area (Å²) >= 11 is 0. The average Bonchev–Trinajstić information content (AvgIpc) is 2.74. The maximum Gasteiger partial charge on any atom is 0.573 e. The zero-order chi connectivity index (χ0) is 28.1. The van der Waals surface area contributed by atoms with Gasteiger partial charge in [0.15, 0.2) is 0 Å².